The molecule has 2 aromatic rings. The van der Waals surface area contributed by atoms with Crippen molar-refractivity contribution < 1.29 is 5.11 Å². The van der Waals surface area contributed by atoms with E-state index in [0.29, 0.717) is 0 Å². The van der Waals surface area contributed by atoms with Crippen LogP contribution in [-0.2, 0) is 0 Å². The Morgan fingerprint density at radius 1 is 1.19 bits per heavy atom. The Balaban J connectivity index is 2.34. The van der Waals surface area contributed by atoms with E-state index in [9.17, 15) is 5.11 Å². The normalized spacial score (nSPS) is 11.2. The fourth-order valence-electron chi connectivity index (χ4n) is 2.11. The molecule has 2 N–H and O–H groups in total. The molecule has 0 aliphatic heterocycles. The van der Waals surface area contributed by atoms with Gasteiger partial charge in [-0.3, -0.25) is 4.98 Å². The highest BCUT2D eigenvalue weighted by molar-refractivity contribution is 5.62. The summed E-state index contributed by atoms with van der Waals surface area (Å²) in [6.07, 6.45) is 5.07. The topological polar surface area (TPSA) is 48.4 Å². The maximum absolute atomic E-state index is 9.90. The minimum absolute atomic E-state index is 0.178. The summed E-state index contributed by atoms with van der Waals surface area (Å²) in [4.78, 5) is 6.11. The number of hydrogen-bond donors (Lipinski definition) is 2. The number of rotatable bonds is 6. The lowest BCUT2D eigenvalue weighted by Gasteiger charge is -2.25. The van der Waals surface area contributed by atoms with E-state index in [2.05, 4.69) is 29.0 Å². The highest BCUT2D eigenvalue weighted by Gasteiger charge is 2.08. The zero-order valence-electron chi connectivity index (χ0n) is 12.5. The van der Waals surface area contributed by atoms with E-state index >= 15 is 0 Å². The Kier molecular flexibility index (Phi) is 5.21. The molecular weight excluding hydrogens is 262 g/mol. The van der Waals surface area contributed by atoms with Crippen LogP contribution in [0.2, 0.25) is 0 Å². The van der Waals surface area contributed by atoms with E-state index in [-0.39, 0.29) is 5.75 Å². The van der Waals surface area contributed by atoms with Crippen molar-refractivity contribution in [3.05, 3.63) is 60.2 Å². The lowest BCUT2D eigenvalue weighted by atomic mass is 10.2. The number of hydrogen-bond acceptors (Lipinski definition) is 4. The first-order chi connectivity index (χ1) is 10.2. The van der Waals surface area contributed by atoms with Crippen LogP contribution < -0.4 is 5.32 Å². The summed E-state index contributed by atoms with van der Waals surface area (Å²) >= 11 is 0. The Bertz CT molecular complexity index is 592. The molecule has 0 saturated carbocycles. The van der Waals surface area contributed by atoms with Crippen molar-refractivity contribution >= 4 is 11.8 Å². The number of aromatic hydroxyl groups is 1. The first kappa shape index (κ1) is 14.9. The van der Waals surface area contributed by atoms with Crippen molar-refractivity contribution in [2.45, 2.75) is 13.8 Å². The first-order valence-electron chi connectivity index (χ1n) is 7.16. The molecule has 0 saturated heterocycles. The lowest BCUT2D eigenvalue weighted by molar-refractivity contribution is 0.390. The Morgan fingerprint density at radius 2 is 1.90 bits per heavy atom. The van der Waals surface area contributed by atoms with Gasteiger partial charge < -0.3 is 15.3 Å². The maximum Gasteiger partial charge on any atom is 0.141 e. The third-order valence-electron chi connectivity index (χ3n) is 3.28. The molecule has 0 bridgehead atoms. The van der Waals surface area contributed by atoms with Gasteiger partial charge in [0.25, 0.3) is 0 Å². The van der Waals surface area contributed by atoms with Crippen molar-refractivity contribution in [3.8, 4) is 5.75 Å². The average Bonchev–Trinajstić information content (AvgIpc) is 2.51. The summed E-state index contributed by atoms with van der Waals surface area (Å²) in [5, 5.41) is 13.3. The molecule has 0 aliphatic rings. The van der Waals surface area contributed by atoms with Crippen molar-refractivity contribution in [3.63, 3.8) is 0 Å². The largest absolute Gasteiger partial charge is 0.506 e. The van der Waals surface area contributed by atoms with E-state index in [1.165, 1.54) is 6.20 Å². The Labute approximate surface area is 125 Å². The van der Waals surface area contributed by atoms with Crippen LogP contribution in [0.4, 0.5) is 5.69 Å². The van der Waals surface area contributed by atoms with Gasteiger partial charge in [0.2, 0.25) is 0 Å². The molecule has 0 spiro atoms. The highest BCUT2D eigenvalue weighted by atomic mass is 16.3. The standard InChI is InChI=1S/C17H21N3O/c1-3-20(4-2)17(19-15-8-6-5-7-9-15)12-14-10-11-18-13-16(14)21/h5-13,19,21H,3-4H2,1-2H3/b17-12-. The molecule has 0 aliphatic carbocycles. The molecule has 0 unspecified atom stereocenters. The van der Waals surface area contributed by atoms with E-state index in [0.717, 1.165) is 30.2 Å². The van der Waals surface area contributed by atoms with Gasteiger partial charge in [0.15, 0.2) is 0 Å². The minimum atomic E-state index is 0.178. The van der Waals surface area contributed by atoms with Crippen LogP contribution in [-0.4, -0.2) is 28.1 Å². The van der Waals surface area contributed by atoms with Gasteiger partial charge in [0, 0.05) is 30.5 Å². The average molecular weight is 283 g/mol. The molecule has 2 rings (SSSR count). The van der Waals surface area contributed by atoms with Gasteiger partial charge in [0.05, 0.1) is 6.20 Å². The van der Waals surface area contributed by atoms with Gasteiger partial charge in [0.1, 0.15) is 11.6 Å². The number of benzene rings is 1. The van der Waals surface area contributed by atoms with Gasteiger partial charge in [-0.1, -0.05) is 18.2 Å². The van der Waals surface area contributed by atoms with Crippen molar-refractivity contribution in [2.24, 2.45) is 0 Å². The van der Waals surface area contributed by atoms with Crippen molar-refractivity contribution in [1.29, 1.82) is 0 Å². The van der Waals surface area contributed by atoms with Gasteiger partial charge in [-0.25, -0.2) is 0 Å². The third kappa shape index (κ3) is 3.99. The fraction of sp³-hybridized carbons (Fsp3) is 0.235. The smallest absolute Gasteiger partial charge is 0.141 e. The van der Waals surface area contributed by atoms with Crippen LogP contribution in [0.3, 0.4) is 0 Å². The van der Waals surface area contributed by atoms with Crippen molar-refractivity contribution in [2.75, 3.05) is 18.4 Å². The molecule has 0 fully saturated rings. The van der Waals surface area contributed by atoms with Crippen LogP contribution in [0.15, 0.2) is 54.6 Å². The fourth-order valence-corrected chi connectivity index (χ4v) is 2.11. The molecule has 110 valence electrons. The SMILES string of the molecule is CCN(CC)/C(=C\c1ccncc1O)Nc1ccccc1. The molecule has 1 aromatic heterocycles. The number of aromatic nitrogens is 1. The predicted molar refractivity (Wildman–Crippen MR) is 86.9 cm³/mol. The second-order valence-corrected chi connectivity index (χ2v) is 4.63. The van der Waals surface area contributed by atoms with Gasteiger partial charge in [-0.2, -0.15) is 0 Å². The molecule has 0 atom stereocenters. The molecule has 21 heavy (non-hydrogen) atoms. The molecule has 1 aromatic carbocycles. The third-order valence-corrected chi connectivity index (χ3v) is 3.28. The molecular formula is C17H21N3O. The highest BCUT2D eigenvalue weighted by Crippen LogP contribution is 2.20. The molecule has 0 radical (unpaired) electrons. The van der Waals surface area contributed by atoms with Crippen molar-refractivity contribution in [1.82, 2.24) is 9.88 Å². The maximum atomic E-state index is 9.90. The number of para-hydroxylation sites is 1. The van der Waals surface area contributed by atoms with E-state index in [1.807, 2.05) is 36.4 Å². The predicted octanol–water partition coefficient (Wildman–Crippen LogP) is 3.54. The molecule has 0 amide bonds. The Hall–Kier alpha value is -2.49. The second-order valence-electron chi connectivity index (χ2n) is 4.63. The summed E-state index contributed by atoms with van der Waals surface area (Å²) < 4.78 is 0. The van der Waals surface area contributed by atoms with Crippen LogP contribution >= 0.6 is 0 Å². The quantitative estimate of drug-likeness (QED) is 0.851. The van der Waals surface area contributed by atoms with Crippen LogP contribution in [0.5, 0.6) is 5.75 Å². The summed E-state index contributed by atoms with van der Waals surface area (Å²) in [5.74, 6) is 1.13. The molecule has 4 nitrogen and oxygen atoms in total. The Morgan fingerprint density at radius 3 is 2.52 bits per heavy atom. The lowest BCUT2D eigenvalue weighted by Crippen LogP contribution is -2.26. The molecule has 1 heterocycles. The van der Waals surface area contributed by atoms with Crippen LogP contribution in [0.1, 0.15) is 19.4 Å². The second kappa shape index (κ2) is 7.33. The van der Waals surface area contributed by atoms with E-state index < -0.39 is 0 Å². The summed E-state index contributed by atoms with van der Waals surface area (Å²) in [7, 11) is 0. The number of nitrogens with zero attached hydrogens (tertiary/aromatic N) is 2. The summed E-state index contributed by atoms with van der Waals surface area (Å²) in [5.41, 5.74) is 1.76. The number of anilines is 1. The number of nitrogens with one attached hydrogen (secondary N) is 1. The van der Waals surface area contributed by atoms with E-state index in [1.54, 1.807) is 12.3 Å². The van der Waals surface area contributed by atoms with Gasteiger partial charge in [-0.15, -0.1) is 0 Å². The molecule has 4 heteroatoms. The minimum Gasteiger partial charge on any atom is -0.506 e. The summed E-state index contributed by atoms with van der Waals surface area (Å²) in [6, 6.07) is 11.8. The zero-order valence-corrected chi connectivity index (χ0v) is 12.5. The zero-order chi connectivity index (χ0) is 15.1. The number of pyridine rings is 1. The first-order valence-corrected chi connectivity index (χ1v) is 7.16. The van der Waals surface area contributed by atoms with Crippen LogP contribution in [0.25, 0.3) is 6.08 Å². The van der Waals surface area contributed by atoms with Gasteiger partial charge >= 0.3 is 0 Å². The van der Waals surface area contributed by atoms with E-state index in [4.69, 9.17) is 0 Å². The van der Waals surface area contributed by atoms with Gasteiger partial charge in [-0.05, 0) is 38.1 Å². The monoisotopic (exact) mass is 283 g/mol. The summed E-state index contributed by atoms with van der Waals surface area (Å²) in [6.45, 7) is 5.98. The van der Waals surface area contributed by atoms with Crippen LogP contribution in [0, 0.1) is 0 Å².